The summed E-state index contributed by atoms with van der Waals surface area (Å²) >= 11 is 0. The van der Waals surface area contributed by atoms with Crippen LogP contribution in [-0.4, -0.2) is 18.5 Å². The third kappa shape index (κ3) is 3.33. The molecule has 0 radical (unpaired) electrons. The van der Waals surface area contributed by atoms with E-state index in [1.807, 2.05) is 13.8 Å². The van der Waals surface area contributed by atoms with E-state index in [1.165, 1.54) is 16.7 Å². The lowest BCUT2D eigenvalue weighted by molar-refractivity contribution is -0.121. The Bertz CT molecular complexity index is 427. The normalized spacial score (nSPS) is 14.4. The summed E-state index contributed by atoms with van der Waals surface area (Å²) in [5.74, 6) is 0.145. The van der Waals surface area contributed by atoms with Gasteiger partial charge in [0.1, 0.15) is 0 Å². The van der Waals surface area contributed by atoms with Gasteiger partial charge in [-0.3, -0.25) is 4.79 Å². The zero-order valence-corrected chi connectivity index (χ0v) is 11.3. The second kappa shape index (κ2) is 6.01. The van der Waals surface area contributed by atoms with Crippen LogP contribution in [0.1, 0.15) is 37.0 Å². The molecule has 3 heteroatoms. The minimum absolute atomic E-state index is 0.145. The fourth-order valence-electron chi connectivity index (χ4n) is 2.46. The molecule has 2 N–H and O–H groups in total. The van der Waals surface area contributed by atoms with Gasteiger partial charge in [0.25, 0.3) is 0 Å². The van der Waals surface area contributed by atoms with Crippen LogP contribution in [0.25, 0.3) is 0 Å². The topological polar surface area (TPSA) is 41.1 Å². The molecule has 0 spiro atoms. The number of hydrogen-bond donors (Lipinski definition) is 2. The van der Waals surface area contributed by atoms with Gasteiger partial charge in [-0.25, -0.2) is 0 Å². The first-order chi connectivity index (χ1) is 8.66. The average molecular weight is 246 g/mol. The van der Waals surface area contributed by atoms with Crippen molar-refractivity contribution in [2.45, 2.75) is 45.7 Å². The smallest absolute Gasteiger partial charge is 0.220 e. The van der Waals surface area contributed by atoms with Crippen LogP contribution in [0.2, 0.25) is 0 Å². The van der Waals surface area contributed by atoms with Crippen LogP contribution in [0, 0.1) is 0 Å². The standard InChI is InChI=1S/C15H22N2O/c1-11(2)17-15(18)7-6-12-4-3-5-13-8-9-16-10-14(12)13/h3-5,11,16H,6-10H2,1-2H3,(H,17,18). The molecule has 1 aromatic carbocycles. The molecule has 1 heterocycles. The SMILES string of the molecule is CC(C)NC(=O)CCc1cccc2c1CNCC2. The summed E-state index contributed by atoms with van der Waals surface area (Å²) < 4.78 is 0. The summed E-state index contributed by atoms with van der Waals surface area (Å²) in [7, 11) is 0. The summed E-state index contributed by atoms with van der Waals surface area (Å²) in [5.41, 5.74) is 4.16. The number of hydrogen-bond acceptors (Lipinski definition) is 2. The number of benzene rings is 1. The average Bonchev–Trinajstić information content (AvgIpc) is 2.35. The number of aryl methyl sites for hydroxylation is 1. The summed E-state index contributed by atoms with van der Waals surface area (Å²) in [6.45, 7) is 5.99. The second-order valence-electron chi connectivity index (χ2n) is 5.20. The van der Waals surface area contributed by atoms with Crippen LogP contribution in [0.15, 0.2) is 18.2 Å². The Morgan fingerprint density at radius 2 is 2.28 bits per heavy atom. The number of carbonyl (C=O) groups is 1. The number of fused-ring (bicyclic) bond motifs is 1. The zero-order chi connectivity index (χ0) is 13.0. The van der Waals surface area contributed by atoms with E-state index in [4.69, 9.17) is 0 Å². The largest absolute Gasteiger partial charge is 0.354 e. The molecule has 18 heavy (non-hydrogen) atoms. The molecule has 0 saturated carbocycles. The molecule has 0 fully saturated rings. The van der Waals surface area contributed by atoms with Gasteiger partial charge in [0, 0.05) is 19.0 Å². The van der Waals surface area contributed by atoms with Crippen molar-refractivity contribution in [3.8, 4) is 0 Å². The molecule has 3 nitrogen and oxygen atoms in total. The Kier molecular flexibility index (Phi) is 4.37. The van der Waals surface area contributed by atoms with E-state index in [0.717, 1.165) is 25.9 Å². The van der Waals surface area contributed by atoms with Gasteiger partial charge in [0.2, 0.25) is 5.91 Å². The van der Waals surface area contributed by atoms with Crippen molar-refractivity contribution in [3.05, 3.63) is 34.9 Å². The molecule has 1 amide bonds. The van der Waals surface area contributed by atoms with Gasteiger partial charge in [-0.2, -0.15) is 0 Å². The predicted octanol–water partition coefficient (Wildman–Crippen LogP) is 1.79. The molecule has 1 aliphatic heterocycles. The molecular formula is C15H22N2O. The maximum atomic E-state index is 11.7. The maximum Gasteiger partial charge on any atom is 0.220 e. The molecule has 0 aliphatic carbocycles. The first kappa shape index (κ1) is 13.1. The van der Waals surface area contributed by atoms with Crippen molar-refractivity contribution < 1.29 is 4.79 Å². The lowest BCUT2D eigenvalue weighted by Gasteiger charge is -2.20. The predicted molar refractivity (Wildman–Crippen MR) is 73.5 cm³/mol. The Labute approximate surface area is 109 Å². The third-order valence-corrected chi connectivity index (χ3v) is 3.31. The number of carbonyl (C=O) groups excluding carboxylic acids is 1. The lowest BCUT2D eigenvalue weighted by Crippen LogP contribution is -2.30. The molecule has 0 saturated heterocycles. The van der Waals surface area contributed by atoms with Crippen molar-refractivity contribution in [1.82, 2.24) is 10.6 Å². The summed E-state index contributed by atoms with van der Waals surface area (Å²) in [6.07, 6.45) is 2.51. The second-order valence-corrected chi connectivity index (χ2v) is 5.20. The molecule has 1 aliphatic rings. The van der Waals surface area contributed by atoms with Gasteiger partial charge in [-0.05, 0) is 49.9 Å². The van der Waals surface area contributed by atoms with E-state index in [9.17, 15) is 4.79 Å². The van der Waals surface area contributed by atoms with E-state index in [1.54, 1.807) is 0 Å². The molecule has 1 aromatic rings. The van der Waals surface area contributed by atoms with Crippen LogP contribution in [0.5, 0.6) is 0 Å². The van der Waals surface area contributed by atoms with Crippen LogP contribution < -0.4 is 10.6 Å². The summed E-state index contributed by atoms with van der Waals surface area (Å²) in [6, 6.07) is 6.69. The van der Waals surface area contributed by atoms with Crippen molar-refractivity contribution in [1.29, 1.82) is 0 Å². The first-order valence-electron chi connectivity index (χ1n) is 6.76. The fraction of sp³-hybridized carbons (Fsp3) is 0.533. The highest BCUT2D eigenvalue weighted by Crippen LogP contribution is 2.19. The van der Waals surface area contributed by atoms with Gasteiger partial charge in [-0.15, -0.1) is 0 Å². The van der Waals surface area contributed by atoms with Crippen molar-refractivity contribution in [3.63, 3.8) is 0 Å². The third-order valence-electron chi connectivity index (χ3n) is 3.31. The molecule has 2 rings (SSSR count). The lowest BCUT2D eigenvalue weighted by atomic mass is 9.93. The highest BCUT2D eigenvalue weighted by Gasteiger charge is 2.13. The Morgan fingerprint density at radius 1 is 1.44 bits per heavy atom. The van der Waals surface area contributed by atoms with E-state index >= 15 is 0 Å². The summed E-state index contributed by atoms with van der Waals surface area (Å²) in [4.78, 5) is 11.7. The molecule has 0 atom stereocenters. The van der Waals surface area contributed by atoms with E-state index < -0.39 is 0 Å². The van der Waals surface area contributed by atoms with Crippen molar-refractivity contribution in [2.24, 2.45) is 0 Å². The van der Waals surface area contributed by atoms with Crippen LogP contribution in [-0.2, 0) is 24.2 Å². The highest BCUT2D eigenvalue weighted by atomic mass is 16.1. The van der Waals surface area contributed by atoms with E-state index in [2.05, 4.69) is 28.8 Å². The molecule has 0 unspecified atom stereocenters. The van der Waals surface area contributed by atoms with Gasteiger partial charge in [0.05, 0.1) is 0 Å². The summed E-state index contributed by atoms with van der Waals surface area (Å²) in [5, 5.41) is 6.34. The molecule has 0 aromatic heterocycles. The van der Waals surface area contributed by atoms with E-state index in [-0.39, 0.29) is 11.9 Å². The van der Waals surface area contributed by atoms with Crippen LogP contribution >= 0.6 is 0 Å². The van der Waals surface area contributed by atoms with Gasteiger partial charge >= 0.3 is 0 Å². The quantitative estimate of drug-likeness (QED) is 0.850. The number of nitrogens with one attached hydrogen (secondary N) is 2. The maximum absolute atomic E-state index is 11.7. The number of rotatable bonds is 4. The highest BCUT2D eigenvalue weighted by molar-refractivity contribution is 5.76. The molecular weight excluding hydrogens is 224 g/mol. The molecule has 0 bridgehead atoms. The van der Waals surface area contributed by atoms with Crippen molar-refractivity contribution in [2.75, 3.05) is 6.54 Å². The number of amides is 1. The van der Waals surface area contributed by atoms with Crippen LogP contribution in [0.3, 0.4) is 0 Å². The molecule has 98 valence electrons. The fourth-order valence-corrected chi connectivity index (χ4v) is 2.46. The Balaban J connectivity index is 1.99. The minimum Gasteiger partial charge on any atom is -0.354 e. The van der Waals surface area contributed by atoms with Gasteiger partial charge in [0.15, 0.2) is 0 Å². The van der Waals surface area contributed by atoms with Gasteiger partial charge in [-0.1, -0.05) is 18.2 Å². The zero-order valence-electron chi connectivity index (χ0n) is 11.3. The first-order valence-corrected chi connectivity index (χ1v) is 6.76. The Hall–Kier alpha value is -1.35. The monoisotopic (exact) mass is 246 g/mol. The van der Waals surface area contributed by atoms with Gasteiger partial charge < -0.3 is 10.6 Å². The van der Waals surface area contributed by atoms with Crippen LogP contribution in [0.4, 0.5) is 0 Å². The minimum atomic E-state index is 0.145. The van der Waals surface area contributed by atoms with E-state index in [0.29, 0.717) is 6.42 Å². The van der Waals surface area contributed by atoms with Crippen molar-refractivity contribution >= 4 is 5.91 Å². The Morgan fingerprint density at radius 3 is 3.06 bits per heavy atom.